The molecular formula is C17H27N. The van der Waals surface area contributed by atoms with Crippen LogP contribution in [-0.4, -0.2) is 12.6 Å². The SMILES string of the molecule is CC(C)Cc1ccc(C(C)(C)CNC2CC2)cc1. The van der Waals surface area contributed by atoms with Gasteiger partial charge in [0.15, 0.2) is 0 Å². The second-order valence-corrected chi connectivity index (χ2v) is 6.83. The molecule has 0 aliphatic heterocycles. The maximum absolute atomic E-state index is 3.64. The van der Waals surface area contributed by atoms with E-state index in [1.807, 2.05) is 0 Å². The zero-order valence-corrected chi connectivity index (χ0v) is 12.3. The van der Waals surface area contributed by atoms with Crippen LogP contribution in [0.15, 0.2) is 24.3 Å². The molecule has 0 aromatic heterocycles. The molecule has 0 atom stereocenters. The number of benzene rings is 1. The predicted octanol–water partition coefficient (Wildman–Crippen LogP) is 3.91. The zero-order valence-electron chi connectivity index (χ0n) is 12.3. The second kappa shape index (κ2) is 5.44. The Morgan fingerprint density at radius 2 is 1.78 bits per heavy atom. The molecule has 1 aromatic rings. The Kier molecular flexibility index (Phi) is 4.11. The van der Waals surface area contributed by atoms with E-state index >= 15 is 0 Å². The van der Waals surface area contributed by atoms with Crippen LogP contribution in [0.1, 0.15) is 51.7 Å². The van der Waals surface area contributed by atoms with E-state index in [1.54, 1.807) is 0 Å². The first-order chi connectivity index (χ1) is 8.47. The van der Waals surface area contributed by atoms with Gasteiger partial charge in [0.25, 0.3) is 0 Å². The second-order valence-electron chi connectivity index (χ2n) is 6.83. The van der Waals surface area contributed by atoms with Crippen molar-refractivity contribution >= 4 is 0 Å². The summed E-state index contributed by atoms with van der Waals surface area (Å²) < 4.78 is 0. The third-order valence-electron chi connectivity index (χ3n) is 3.79. The zero-order chi connectivity index (χ0) is 13.2. The van der Waals surface area contributed by atoms with Gasteiger partial charge in [0.1, 0.15) is 0 Å². The molecule has 1 heteroatoms. The quantitative estimate of drug-likeness (QED) is 0.801. The molecule has 0 bridgehead atoms. The maximum atomic E-state index is 3.64. The van der Waals surface area contributed by atoms with Crippen molar-refractivity contribution in [2.75, 3.05) is 6.54 Å². The Morgan fingerprint density at radius 1 is 1.17 bits per heavy atom. The number of nitrogens with one attached hydrogen (secondary N) is 1. The van der Waals surface area contributed by atoms with Crippen LogP contribution in [0.5, 0.6) is 0 Å². The summed E-state index contributed by atoms with van der Waals surface area (Å²) in [5, 5.41) is 3.64. The Hall–Kier alpha value is -0.820. The van der Waals surface area contributed by atoms with Gasteiger partial charge in [-0.15, -0.1) is 0 Å². The van der Waals surface area contributed by atoms with Crippen LogP contribution in [0.3, 0.4) is 0 Å². The van der Waals surface area contributed by atoms with Crippen LogP contribution in [0, 0.1) is 5.92 Å². The van der Waals surface area contributed by atoms with Crippen molar-refractivity contribution in [3.8, 4) is 0 Å². The van der Waals surface area contributed by atoms with Gasteiger partial charge >= 0.3 is 0 Å². The average molecular weight is 245 g/mol. The molecule has 1 aliphatic carbocycles. The Labute approximate surface area is 112 Å². The van der Waals surface area contributed by atoms with E-state index in [-0.39, 0.29) is 5.41 Å². The third-order valence-corrected chi connectivity index (χ3v) is 3.79. The Balaban J connectivity index is 1.97. The number of hydrogen-bond acceptors (Lipinski definition) is 1. The lowest BCUT2D eigenvalue weighted by Crippen LogP contribution is -2.34. The summed E-state index contributed by atoms with van der Waals surface area (Å²) in [7, 11) is 0. The van der Waals surface area contributed by atoms with Crippen LogP contribution < -0.4 is 5.32 Å². The average Bonchev–Trinajstić information content (AvgIpc) is 3.10. The molecule has 1 fully saturated rings. The van der Waals surface area contributed by atoms with Crippen molar-refractivity contribution < 1.29 is 0 Å². The molecule has 0 amide bonds. The lowest BCUT2D eigenvalue weighted by atomic mass is 9.84. The molecule has 1 saturated carbocycles. The predicted molar refractivity (Wildman–Crippen MR) is 79.0 cm³/mol. The summed E-state index contributed by atoms with van der Waals surface area (Å²) in [6.45, 7) is 10.3. The van der Waals surface area contributed by atoms with Crippen molar-refractivity contribution in [3.05, 3.63) is 35.4 Å². The van der Waals surface area contributed by atoms with E-state index in [1.165, 1.54) is 30.4 Å². The summed E-state index contributed by atoms with van der Waals surface area (Å²) in [5.41, 5.74) is 3.14. The van der Waals surface area contributed by atoms with E-state index in [2.05, 4.69) is 57.3 Å². The van der Waals surface area contributed by atoms with Gasteiger partial charge in [-0.3, -0.25) is 0 Å². The van der Waals surface area contributed by atoms with E-state index in [4.69, 9.17) is 0 Å². The molecule has 0 spiro atoms. The standard InChI is InChI=1S/C17H27N/c1-13(2)11-14-5-7-15(8-6-14)17(3,4)12-18-16-9-10-16/h5-8,13,16,18H,9-12H2,1-4H3. The van der Waals surface area contributed by atoms with Gasteiger partial charge in [-0.2, -0.15) is 0 Å². The molecule has 0 saturated heterocycles. The highest BCUT2D eigenvalue weighted by Gasteiger charge is 2.26. The molecule has 1 nitrogen and oxygen atoms in total. The van der Waals surface area contributed by atoms with Gasteiger partial charge in [0.2, 0.25) is 0 Å². The van der Waals surface area contributed by atoms with E-state index < -0.39 is 0 Å². The normalized spacial score (nSPS) is 16.3. The summed E-state index contributed by atoms with van der Waals surface area (Å²) in [6.07, 6.45) is 3.91. The monoisotopic (exact) mass is 245 g/mol. The molecule has 0 unspecified atom stereocenters. The van der Waals surface area contributed by atoms with Crippen molar-refractivity contribution in [2.24, 2.45) is 5.92 Å². The highest BCUT2D eigenvalue weighted by molar-refractivity contribution is 5.28. The first kappa shape index (κ1) is 13.6. The number of hydrogen-bond donors (Lipinski definition) is 1. The van der Waals surface area contributed by atoms with Crippen molar-refractivity contribution in [3.63, 3.8) is 0 Å². The van der Waals surface area contributed by atoms with Crippen LogP contribution >= 0.6 is 0 Å². The summed E-state index contributed by atoms with van der Waals surface area (Å²) in [5.74, 6) is 0.736. The lowest BCUT2D eigenvalue weighted by molar-refractivity contribution is 0.467. The van der Waals surface area contributed by atoms with Gasteiger partial charge in [-0.05, 0) is 36.3 Å². The summed E-state index contributed by atoms with van der Waals surface area (Å²) in [4.78, 5) is 0. The van der Waals surface area contributed by atoms with Gasteiger partial charge in [-0.25, -0.2) is 0 Å². The van der Waals surface area contributed by atoms with Gasteiger partial charge in [0, 0.05) is 18.0 Å². The minimum absolute atomic E-state index is 0.235. The highest BCUT2D eigenvalue weighted by Crippen LogP contribution is 2.26. The molecule has 2 rings (SSSR count). The van der Waals surface area contributed by atoms with Crippen molar-refractivity contribution in [2.45, 2.75) is 58.4 Å². The molecule has 1 N–H and O–H groups in total. The third kappa shape index (κ3) is 3.84. The van der Waals surface area contributed by atoms with Gasteiger partial charge < -0.3 is 5.32 Å². The molecule has 1 aliphatic rings. The smallest absolute Gasteiger partial charge is 0.00685 e. The van der Waals surface area contributed by atoms with E-state index in [0.29, 0.717) is 0 Å². The minimum atomic E-state index is 0.235. The van der Waals surface area contributed by atoms with Crippen LogP contribution in [0.4, 0.5) is 0 Å². The fourth-order valence-electron chi connectivity index (χ4n) is 2.35. The highest BCUT2D eigenvalue weighted by atomic mass is 15.0. The van der Waals surface area contributed by atoms with Crippen LogP contribution in [0.25, 0.3) is 0 Å². The van der Waals surface area contributed by atoms with E-state index in [0.717, 1.165) is 18.5 Å². The maximum Gasteiger partial charge on any atom is 0.00685 e. The largest absolute Gasteiger partial charge is 0.313 e. The topological polar surface area (TPSA) is 12.0 Å². The fourth-order valence-corrected chi connectivity index (χ4v) is 2.35. The Morgan fingerprint density at radius 3 is 2.28 bits per heavy atom. The van der Waals surface area contributed by atoms with Gasteiger partial charge in [0.05, 0.1) is 0 Å². The Bertz CT molecular complexity index is 371. The molecule has 1 aromatic carbocycles. The van der Waals surface area contributed by atoms with Crippen LogP contribution in [0.2, 0.25) is 0 Å². The molecule has 0 radical (unpaired) electrons. The first-order valence-corrected chi connectivity index (χ1v) is 7.30. The molecule has 0 heterocycles. The minimum Gasteiger partial charge on any atom is -0.313 e. The van der Waals surface area contributed by atoms with Crippen LogP contribution in [-0.2, 0) is 11.8 Å². The summed E-state index contributed by atoms with van der Waals surface area (Å²) in [6, 6.07) is 10.0. The summed E-state index contributed by atoms with van der Waals surface area (Å²) >= 11 is 0. The van der Waals surface area contributed by atoms with Gasteiger partial charge in [-0.1, -0.05) is 52.0 Å². The van der Waals surface area contributed by atoms with Crippen molar-refractivity contribution in [1.82, 2.24) is 5.32 Å². The molecule has 100 valence electrons. The molecule has 18 heavy (non-hydrogen) atoms. The lowest BCUT2D eigenvalue weighted by Gasteiger charge is -2.26. The van der Waals surface area contributed by atoms with E-state index in [9.17, 15) is 0 Å². The molecular weight excluding hydrogens is 218 g/mol. The number of rotatable bonds is 6. The first-order valence-electron chi connectivity index (χ1n) is 7.30. The fraction of sp³-hybridized carbons (Fsp3) is 0.647. The van der Waals surface area contributed by atoms with Crippen molar-refractivity contribution in [1.29, 1.82) is 0 Å².